The van der Waals surface area contributed by atoms with E-state index in [0.29, 0.717) is 31.3 Å². The monoisotopic (exact) mass is 343 g/mol. The van der Waals surface area contributed by atoms with Crippen LogP contribution >= 0.6 is 0 Å². The van der Waals surface area contributed by atoms with E-state index in [1.165, 1.54) is 0 Å². The van der Waals surface area contributed by atoms with Gasteiger partial charge in [0.25, 0.3) is 0 Å². The highest BCUT2D eigenvalue weighted by Crippen LogP contribution is 2.39. The van der Waals surface area contributed by atoms with Gasteiger partial charge in [-0.3, -0.25) is 4.79 Å². The second kappa shape index (κ2) is 6.38. The number of hydrogen-bond acceptors (Lipinski definition) is 6. The molecule has 1 aromatic heterocycles. The summed E-state index contributed by atoms with van der Waals surface area (Å²) in [5.74, 6) is 3.35. The first-order valence-corrected chi connectivity index (χ1v) is 8.50. The van der Waals surface area contributed by atoms with Gasteiger partial charge in [0.15, 0.2) is 5.82 Å². The smallest absolute Gasteiger partial charge is 0.232 e. The minimum Gasteiger partial charge on any atom is -0.497 e. The van der Waals surface area contributed by atoms with Gasteiger partial charge in [-0.05, 0) is 31.0 Å². The van der Waals surface area contributed by atoms with Gasteiger partial charge in [0.1, 0.15) is 11.5 Å². The van der Waals surface area contributed by atoms with E-state index in [0.717, 1.165) is 35.7 Å². The number of carbonyl (C=O) groups is 1. The molecule has 1 unspecified atom stereocenters. The molecule has 2 fully saturated rings. The third-order valence-electron chi connectivity index (χ3n) is 4.81. The first-order chi connectivity index (χ1) is 12.2. The van der Waals surface area contributed by atoms with Crippen molar-refractivity contribution in [2.75, 3.05) is 20.8 Å². The van der Waals surface area contributed by atoms with Gasteiger partial charge in [0.2, 0.25) is 11.8 Å². The molecule has 0 N–H and O–H groups in total. The number of ether oxygens (including phenoxy) is 2. The van der Waals surface area contributed by atoms with E-state index < -0.39 is 0 Å². The Morgan fingerprint density at radius 2 is 2.08 bits per heavy atom. The molecule has 1 atom stereocenters. The number of rotatable bonds is 6. The molecule has 1 amide bonds. The van der Waals surface area contributed by atoms with Crippen LogP contribution in [0.5, 0.6) is 11.5 Å². The standard InChI is InChI=1S/C18H21N3O4/c1-23-14-5-6-15(24-2)12(7-14)9-21-10-13(8-16(21)22)18-19-17(20-25-18)11-3-4-11/h5-7,11,13H,3-4,8-10H2,1-2H3. The Hall–Kier alpha value is -2.57. The zero-order chi connectivity index (χ0) is 17.4. The summed E-state index contributed by atoms with van der Waals surface area (Å²) in [5.41, 5.74) is 0.917. The molecule has 1 aromatic carbocycles. The number of methoxy groups -OCH3 is 2. The maximum atomic E-state index is 12.4. The second-order valence-corrected chi connectivity index (χ2v) is 6.62. The number of amides is 1. The lowest BCUT2D eigenvalue weighted by Gasteiger charge is -2.18. The Labute approximate surface area is 145 Å². The molecule has 2 aromatic rings. The summed E-state index contributed by atoms with van der Waals surface area (Å²) in [6.07, 6.45) is 2.66. The summed E-state index contributed by atoms with van der Waals surface area (Å²) in [6, 6.07) is 5.60. The zero-order valence-electron chi connectivity index (χ0n) is 14.4. The number of nitrogens with zero attached hydrogens (tertiary/aromatic N) is 3. The molecule has 2 heterocycles. The quantitative estimate of drug-likeness (QED) is 0.802. The Morgan fingerprint density at radius 1 is 1.24 bits per heavy atom. The van der Waals surface area contributed by atoms with E-state index in [1.54, 1.807) is 14.2 Å². The summed E-state index contributed by atoms with van der Waals surface area (Å²) < 4.78 is 16.1. The van der Waals surface area contributed by atoms with Crippen molar-refractivity contribution in [3.63, 3.8) is 0 Å². The summed E-state index contributed by atoms with van der Waals surface area (Å²) >= 11 is 0. The summed E-state index contributed by atoms with van der Waals surface area (Å²) in [7, 11) is 3.24. The Balaban J connectivity index is 1.48. The number of hydrogen-bond donors (Lipinski definition) is 0. The van der Waals surface area contributed by atoms with Crippen LogP contribution in [0.1, 0.15) is 48.4 Å². The zero-order valence-corrected chi connectivity index (χ0v) is 14.4. The fourth-order valence-electron chi connectivity index (χ4n) is 3.22. The number of benzene rings is 1. The highest BCUT2D eigenvalue weighted by atomic mass is 16.5. The Morgan fingerprint density at radius 3 is 2.80 bits per heavy atom. The Kier molecular flexibility index (Phi) is 4.07. The minimum atomic E-state index is -0.0379. The molecule has 25 heavy (non-hydrogen) atoms. The van der Waals surface area contributed by atoms with Gasteiger partial charge in [-0.1, -0.05) is 5.16 Å². The lowest BCUT2D eigenvalue weighted by Crippen LogP contribution is -2.24. The third-order valence-corrected chi connectivity index (χ3v) is 4.81. The molecule has 0 bridgehead atoms. The molecule has 4 rings (SSSR count). The van der Waals surface area contributed by atoms with E-state index in [4.69, 9.17) is 14.0 Å². The van der Waals surface area contributed by atoms with Crippen LogP contribution < -0.4 is 9.47 Å². The molecule has 0 radical (unpaired) electrons. The predicted octanol–water partition coefficient (Wildman–Crippen LogP) is 2.48. The van der Waals surface area contributed by atoms with Gasteiger partial charge >= 0.3 is 0 Å². The summed E-state index contributed by atoms with van der Waals surface area (Å²) in [4.78, 5) is 18.7. The molecule has 1 saturated carbocycles. The molecular weight excluding hydrogens is 322 g/mol. The van der Waals surface area contributed by atoms with E-state index in [2.05, 4.69) is 10.1 Å². The van der Waals surface area contributed by atoms with Crippen molar-refractivity contribution in [3.05, 3.63) is 35.5 Å². The first kappa shape index (κ1) is 15.9. The topological polar surface area (TPSA) is 77.7 Å². The van der Waals surface area contributed by atoms with Gasteiger partial charge in [0, 0.05) is 31.0 Å². The van der Waals surface area contributed by atoms with Gasteiger partial charge < -0.3 is 18.9 Å². The van der Waals surface area contributed by atoms with Crippen molar-refractivity contribution in [1.82, 2.24) is 15.0 Å². The van der Waals surface area contributed by atoms with Crippen LogP contribution in [0, 0.1) is 0 Å². The molecular formula is C18H21N3O4. The van der Waals surface area contributed by atoms with Crippen LogP contribution in [-0.2, 0) is 11.3 Å². The highest BCUT2D eigenvalue weighted by molar-refractivity contribution is 5.79. The predicted molar refractivity (Wildman–Crippen MR) is 88.6 cm³/mol. The average Bonchev–Trinajstić information content (AvgIpc) is 3.25. The average molecular weight is 343 g/mol. The van der Waals surface area contributed by atoms with Crippen molar-refractivity contribution in [3.8, 4) is 11.5 Å². The minimum absolute atomic E-state index is 0.0379. The van der Waals surface area contributed by atoms with Gasteiger partial charge in [-0.25, -0.2) is 0 Å². The van der Waals surface area contributed by atoms with E-state index in [-0.39, 0.29) is 11.8 Å². The molecule has 0 spiro atoms. The van der Waals surface area contributed by atoms with Crippen molar-refractivity contribution in [2.24, 2.45) is 0 Å². The maximum absolute atomic E-state index is 12.4. The van der Waals surface area contributed by atoms with Gasteiger partial charge in [-0.15, -0.1) is 0 Å². The van der Waals surface area contributed by atoms with Crippen molar-refractivity contribution < 1.29 is 18.8 Å². The molecule has 7 heteroatoms. The molecule has 1 aliphatic carbocycles. The molecule has 2 aliphatic rings. The van der Waals surface area contributed by atoms with Crippen LogP contribution in [-0.4, -0.2) is 41.7 Å². The largest absolute Gasteiger partial charge is 0.497 e. The fourth-order valence-corrected chi connectivity index (χ4v) is 3.22. The van der Waals surface area contributed by atoms with Crippen LogP contribution in [0.15, 0.2) is 22.7 Å². The van der Waals surface area contributed by atoms with Gasteiger partial charge in [-0.2, -0.15) is 4.98 Å². The van der Waals surface area contributed by atoms with E-state index in [1.807, 2.05) is 23.1 Å². The van der Waals surface area contributed by atoms with Crippen molar-refractivity contribution in [2.45, 2.75) is 37.6 Å². The lowest BCUT2D eigenvalue weighted by atomic mass is 10.1. The van der Waals surface area contributed by atoms with Crippen molar-refractivity contribution in [1.29, 1.82) is 0 Å². The lowest BCUT2D eigenvalue weighted by molar-refractivity contribution is -0.128. The summed E-state index contributed by atoms with van der Waals surface area (Å²) in [5, 5.41) is 4.05. The van der Waals surface area contributed by atoms with E-state index >= 15 is 0 Å². The van der Waals surface area contributed by atoms with E-state index in [9.17, 15) is 4.79 Å². The van der Waals surface area contributed by atoms with Crippen LogP contribution in [0.3, 0.4) is 0 Å². The molecule has 132 valence electrons. The molecule has 7 nitrogen and oxygen atoms in total. The van der Waals surface area contributed by atoms with Crippen LogP contribution in [0.2, 0.25) is 0 Å². The first-order valence-electron chi connectivity index (χ1n) is 8.50. The fraction of sp³-hybridized carbons (Fsp3) is 0.500. The highest BCUT2D eigenvalue weighted by Gasteiger charge is 2.36. The Bertz CT molecular complexity index is 784. The molecule has 1 aliphatic heterocycles. The summed E-state index contributed by atoms with van der Waals surface area (Å²) in [6.45, 7) is 1.05. The second-order valence-electron chi connectivity index (χ2n) is 6.62. The van der Waals surface area contributed by atoms with Gasteiger partial charge in [0.05, 0.1) is 20.1 Å². The normalized spacial score (nSPS) is 20.2. The number of likely N-dealkylation sites (tertiary alicyclic amines) is 1. The maximum Gasteiger partial charge on any atom is 0.232 e. The third kappa shape index (κ3) is 3.18. The van der Waals surface area contributed by atoms with Crippen LogP contribution in [0.25, 0.3) is 0 Å². The SMILES string of the molecule is COc1ccc(OC)c(CN2CC(c3nc(C4CC4)no3)CC2=O)c1. The number of carbonyl (C=O) groups excluding carboxylic acids is 1. The van der Waals surface area contributed by atoms with Crippen LogP contribution in [0.4, 0.5) is 0 Å². The molecule has 1 saturated heterocycles. The number of aromatic nitrogens is 2. The van der Waals surface area contributed by atoms with Crippen molar-refractivity contribution >= 4 is 5.91 Å².